The Morgan fingerprint density at radius 2 is 1.46 bits per heavy atom. The number of methoxy groups -OCH3 is 3. The fourth-order valence-corrected chi connectivity index (χ4v) is 3.45. The second-order valence-electron chi connectivity index (χ2n) is 5.22. The Kier molecular flexibility index (Phi) is 4.71. The molecule has 3 aromatic rings. The molecule has 3 rings (SSSR count). The van der Waals surface area contributed by atoms with Crippen molar-refractivity contribution in [1.82, 2.24) is 4.98 Å². The number of benzene rings is 2. The Hall–Kier alpha value is -2.53. The topological polar surface area (TPSA) is 40.6 Å². The van der Waals surface area contributed by atoms with Gasteiger partial charge in [0.1, 0.15) is 10.8 Å². The number of aryl methyl sites for hydroxylation is 1. The van der Waals surface area contributed by atoms with Gasteiger partial charge in [-0.15, -0.1) is 11.3 Å². The summed E-state index contributed by atoms with van der Waals surface area (Å²) in [6.07, 6.45) is 0. The first kappa shape index (κ1) is 16.3. The molecule has 0 bridgehead atoms. The Morgan fingerprint density at radius 1 is 0.792 bits per heavy atom. The van der Waals surface area contributed by atoms with E-state index in [4.69, 9.17) is 19.2 Å². The summed E-state index contributed by atoms with van der Waals surface area (Å²) in [6, 6.07) is 13.8. The first-order valence-corrected chi connectivity index (χ1v) is 8.32. The summed E-state index contributed by atoms with van der Waals surface area (Å²) in [5.41, 5.74) is 3.06. The molecule has 24 heavy (non-hydrogen) atoms. The fourth-order valence-electron chi connectivity index (χ4n) is 2.50. The molecule has 0 saturated heterocycles. The van der Waals surface area contributed by atoms with Crippen LogP contribution in [0.1, 0.15) is 4.88 Å². The average Bonchev–Trinajstić information content (AvgIpc) is 3.03. The molecule has 0 atom stereocenters. The van der Waals surface area contributed by atoms with Crippen LogP contribution in [0, 0.1) is 6.92 Å². The molecule has 1 aromatic heterocycles. The van der Waals surface area contributed by atoms with Crippen molar-refractivity contribution in [3.05, 3.63) is 47.3 Å². The van der Waals surface area contributed by atoms with Gasteiger partial charge in [0.25, 0.3) is 0 Å². The lowest BCUT2D eigenvalue weighted by molar-refractivity contribution is 0.355. The third kappa shape index (κ3) is 3.08. The molecule has 0 radical (unpaired) electrons. The van der Waals surface area contributed by atoms with Gasteiger partial charge in [-0.2, -0.15) is 0 Å². The van der Waals surface area contributed by atoms with Gasteiger partial charge < -0.3 is 14.2 Å². The number of thiazole rings is 1. The van der Waals surface area contributed by atoms with Crippen molar-refractivity contribution in [2.45, 2.75) is 6.92 Å². The maximum Gasteiger partial charge on any atom is 0.161 e. The second-order valence-corrected chi connectivity index (χ2v) is 6.43. The SMILES string of the molecule is COc1ccc(-c2nc(-c3ccc(OC)c(OC)c3)c(C)s2)cc1. The zero-order valence-electron chi connectivity index (χ0n) is 14.1. The Balaban J connectivity index is 1.99. The molecular formula is C19H19NO3S. The highest BCUT2D eigenvalue weighted by molar-refractivity contribution is 7.15. The first-order valence-electron chi connectivity index (χ1n) is 7.50. The van der Waals surface area contributed by atoms with Crippen molar-refractivity contribution >= 4 is 11.3 Å². The summed E-state index contributed by atoms with van der Waals surface area (Å²) in [6.45, 7) is 2.08. The minimum Gasteiger partial charge on any atom is -0.497 e. The van der Waals surface area contributed by atoms with E-state index in [1.54, 1.807) is 32.7 Å². The molecule has 0 saturated carbocycles. The van der Waals surface area contributed by atoms with E-state index in [2.05, 4.69) is 6.92 Å². The smallest absolute Gasteiger partial charge is 0.161 e. The molecule has 0 spiro atoms. The molecule has 124 valence electrons. The van der Waals surface area contributed by atoms with Crippen molar-refractivity contribution in [2.75, 3.05) is 21.3 Å². The fraction of sp³-hybridized carbons (Fsp3) is 0.211. The predicted octanol–water partition coefficient (Wildman–Crippen LogP) is 4.81. The van der Waals surface area contributed by atoms with Crippen molar-refractivity contribution in [3.63, 3.8) is 0 Å². The molecule has 2 aromatic carbocycles. The van der Waals surface area contributed by atoms with E-state index in [9.17, 15) is 0 Å². The standard InChI is InChI=1S/C19H19NO3S/c1-12-18(14-7-10-16(22-3)17(11-14)23-4)20-19(24-12)13-5-8-15(21-2)9-6-13/h5-11H,1-4H3. The van der Waals surface area contributed by atoms with Crippen LogP contribution in [0.4, 0.5) is 0 Å². The highest BCUT2D eigenvalue weighted by atomic mass is 32.1. The van der Waals surface area contributed by atoms with E-state index >= 15 is 0 Å². The minimum absolute atomic E-state index is 0.702. The highest BCUT2D eigenvalue weighted by Gasteiger charge is 2.14. The minimum atomic E-state index is 0.702. The highest BCUT2D eigenvalue weighted by Crippen LogP contribution is 2.37. The number of hydrogen-bond donors (Lipinski definition) is 0. The summed E-state index contributed by atoms with van der Waals surface area (Å²) < 4.78 is 15.9. The van der Waals surface area contributed by atoms with E-state index in [0.29, 0.717) is 11.5 Å². The molecule has 4 nitrogen and oxygen atoms in total. The monoisotopic (exact) mass is 341 g/mol. The van der Waals surface area contributed by atoms with E-state index < -0.39 is 0 Å². The Labute approximate surface area is 145 Å². The third-order valence-electron chi connectivity index (χ3n) is 3.79. The summed E-state index contributed by atoms with van der Waals surface area (Å²) >= 11 is 1.68. The van der Waals surface area contributed by atoms with E-state index in [1.807, 2.05) is 42.5 Å². The number of ether oxygens (including phenoxy) is 3. The van der Waals surface area contributed by atoms with Crippen LogP contribution in [0.2, 0.25) is 0 Å². The Bertz CT molecular complexity index is 840. The van der Waals surface area contributed by atoms with Crippen LogP contribution < -0.4 is 14.2 Å². The van der Waals surface area contributed by atoms with Crippen molar-refractivity contribution in [2.24, 2.45) is 0 Å². The largest absolute Gasteiger partial charge is 0.497 e. The molecule has 0 amide bonds. The van der Waals surface area contributed by atoms with Gasteiger partial charge in [-0.25, -0.2) is 4.98 Å². The van der Waals surface area contributed by atoms with Crippen LogP contribution in [0.5, 0.6) is 17.2 Å². The van der Waals surface area contributed by atoms with Crippen molar-refractivity contribution in [1.29, 1.82) is 0 Å². The molecule has 1 heterocycles. The molecular weight excluding hydrogens is 322 g/mol. The maximum absolute atomic E-state index is 5.39. The lowest BCUT2D eigenvalue weighted by atomic mass is 10.1. The molecule has 5 heteroatoms. The number of aromatic nitrogens is 1. The van der Waals surface area contributed by atoms with Crippen molar-refractivity contribution in [3.8, 4) is 39.1 Å². The lowest BCUT2D eigenvalue weighted by Gasteiger charge is -2.08. The zero-order chi connectivity index (χ0) is 17.1. The van der Waals surface area contributed by atoms with Gasteiger partial charge in [0.15, 0.2) is 11.5 Å². The van der Waals surface area contributed by atoms with Gasteiger partial charge in [0.2, 0.25) is 0 Å². The summed E-state index contributed by atoms with van der Waals surface area (Å²) in [4.78, 5) is 5.98. The molecule has 0 aliphatic carbocycles. The van der Waals surface area contributed by atoms with E-state index in [-0.39, 0.29) is 0 Å². The van der Waals surface area contributed by atoms with E-state index in [0.717, 1.165) is 32.5 Å². The maximum atomic E-state index is 5.39. The molecule has 0 unspecified atom stereocenters. The van der Waals surface area contributed by atoms with Crippen LogP contribution in [-0.4, -0.2) is 26.3 Å². The van der Waals surface area contributed by atoms with Crippen molar-refractivity contribution < 1.29 is 14.2 Å². The first-order chi connectivity index (χ1) is 11.7. The van der Waals surface area contributed by atoms with Gasteiger partial charge >= 0.3 is 0 Å². The zero-order valence-corrected chi connectivity index (χ0v) is 14.9. The molecule has 0 N–H and O–H groups in total. The predicted molar refractivity (Wildman–Crippen MR) is 97.4 cm³/mol. The van der Waals surface area contributed by atoms with Crippen LogP contribution in [0.25, 0.3) is 21.8 Å². The third-order valence-corrected chi connectivity index (χ3v) is 4.81. The quantitative estimate of drug-likeness (QED) is 0.668. The Morgan fingerprint density at radius 3 is 2.08 bits per heavy atom. The van der Waals surface area contributed by atoms with Crippen LogP contribution >= 0.6 is 11.3 Å². The number of nitrogens with zero attached hydrogens (tertiary/aromatic N) is 1. The molecule has 0 aliphatic rings. The second kappa shape index (κ2) is 6.93. The number of rotatable bonds is 5. The normalized spacial score (nSPS) is 10.5. The van der Waals surface area contributed by atoms with Gasteiger partial charge in [0.05, 0.1) is 27.0 Å². The van der Waals surface area contributed by atoms with Gasteiger partial charge in [-0.05, 0) is 49.4 Å². The van der Waals surface area contributed by atoms with Crippen LogP contribution in [-0.2, 0) is 0 Å². The van der Waals surface area contributed by atoms with Gasteiger partial charge in [0, 0.05) is 16.0 Å². The van der Waals surface area contributed by atoms with Gasteiger partial charge in [-0.3, -0.25) is 0 Å². The average molecular weight is 341 g/mol. The number of hydrogen-bond acceptors (Lipinski definition) is 5. The van der Waals surface area contributed by atoms with Crippen LogP contribution in [0.3, 0.4) is 0 Å². The molecule has 0 fully saturated rings. The van der Waals surface area contributed by atoms with Crippen LogP contribution in [0.15, 0.2) is 42.5 Å². The summed E-state index contributed by atoms with van der Waals surface area (Å²) in [5, 5.41) is 0.986. The van der Waals surface area contributed by atoms with Gasteiger partial charge in [-0.1, -0.05) is 0 Å². The summed E-state index contributed by atoms with van der Waals surface area (Å²) in [7, 11) is 4.93. The summed E-state index contributed by atoms with van der Waals surface area (Å²) in [5.74, 6) is 2.25. The lowest BCUT2D eigenvalue weighted by Crippen LogP contribution is -1.91. The molecule has 0 aliphatic heterocycles. The van der Waals surface area contributed by atoms with E-state index in [1.165, 1.54) is 0 Å².